The molecule has 2 unspecified atom stereocenters. The summed E-state index contributed by atoms with van der Waals surface area (Å²) in [7, 11) is -4.87. The highest BCUT2D eigenvalue weighted by molar-refractivity contribution is 7.98. The van der Waals surface area contributed by atoms with Crippen LogP contribution in [-0.2, 0) is 28.9 Å². The van der Waals surface area contributed by atoms with Gasteiger partial charge in [-0.2, -0.15) is 4.33 Å². The van der Waals surface area contributed by atoms with Crippen LogP contribution in [0, 0.1) is 5.92 Å². The molecule has 0 aromatic carbocycles. The van der Waals surface area contributed by atoms with Gasteiger partial charge in [-0.15, -0.1) is 10.1 Å². The summed E-state index contributed by atoms with van der Waals surface area (Å²) >= 11 is 1.12. The molecule has 10 nitrogen and oxygen atoms in total. The second kappa shape index (κ2) is 7.88. The molecule has 2 atom stereocenters. The van der Waals surface area contributed by atoms with Crippen LogP contribution in [0.1, 0.15) is 0 Å². The summed E-state index contributed by atoms with van der Waals surface area (Å²) in [6.07, 6.45) is 8.67. The summed E-state index contributed by atoms with van der Waals surface area (Å²) in [6, 6.07) is 0. The normalized spacial score (nSPS) is 25.3. The van der Waals surface area contributed by atoms with E-state index in [-0.39, 0.29) is 11.3 Å². The molecule has 154 valence electrons. The average molecular weight is 457 g/mol. The molecule has 0 spiro atoms. The molecule has 1 N–H and O–H groups in total. The highest BCUT2D eigenvalue weighted by atomic mass is 32.2. The topological polar surface area (TPSA) is 160 Å². The Bertz CT molecular complexity index is 1070. The first kappa shape index (κ1) is 20.6. The van der Waals surface area contributed by atoms with E-state index in [4.69, 9.17) is 5.26 Å². The third-order valence-electron chi connectivity index (χ3n) is 4.68. The SMILES string of the molecule is O=S(=O)([O-])C1=CC(SOO[O-])C2=CC=C3C(SOOO)=CC([O-])=C4C=CC1=C2C34. The van der Waals surface area contributed by atoms with E-state index in [2.05, 4.69) is 18.7 Å². The molecule has 4 aliphatic rings. The second-order valence-corrected chi connectivity index (χ2v) is 8.96. The third kappa shape index (κ3) is 3.55. The number of rotatable bonds is 7. The van der Waals surface area contributed by atoms with Crippen LogP contribution >= 0.6 is 24.1 Å². The van der Waals surface area contributed by atoms with Crippen LogP contribution < -0.4 is 10.4 Å². The molecule has 29 heavy (non-hydrogen) atoms. The maximum Gasteiger partial charge on any atom is 0.124 e. The lowest BCUT2D eigenvalue weighted by Crippen LogP contribution is -2.31. The Morgan fingerprint density at radius 3 is 2.59 bits per heavy atom. The molecule has 0 amide bonds. The third-order valence-corrected chi connectivity index (χ3v) is 6.97. The van der Waals surface area contributed by atoms with E-state index in [0.29, 0.717) is 51.3 Å². The van der Waals surface area contributed by atoms with Crippen LogP contribution in [0.5, 0.6) is 0 Å². The van der Waals surface area contributed by atoms with Crippen molar-refractivity contribution in [1.82, 2.24) is 0 Å². The van der Waals surface area contributed by atoms with Crippen molar-refractivity contribution >= 4 is 34.2 Å². The van der Waals surface area contributed by atoms with E-state index >= 15 is 0 Å². The minimum absolute atomic E-state index is 0.156. The minimum atomic E-state index is -4.87. The lowest BCUT2D eigenvalue weighted by atomic mass is 9.68. The molecule has 4 rings (SSSR count). The summed E-state index contributed by atoms with van der Waals surface area (Å²) in [6.45, 7) is 0. The van der Waals surface area contributed by atoms with E-state index in [9.17, 15) is 23.3 Å². The fraction of sp³-hybridized carbons (Fsp3) is 0.125. The van der Waals surface area contributed by atoms with Crippen molar-refractivity contribution in [3.05, 3.63) is 79.9 Å². The van der Waals surface area contributed by atoms with Gasteiger partial charge in [-0.3, -0.25) is 5.04 Å². The summed E-state index contributed by atoms with van der Waals surface area (Å²) in [5.74, 6) is -1.04. The molecule has 0 aromatic heterocycles. The van der Waals surface area contributed by atoms with E-state index in [1.54, 1.807) is 12.2 Å². The van der Waals surface area contributed by atoms with Crippen molar-refractivity contribution in [3.8, 4) is 0 Å². The molecule has 0 fully saturated rings. The first-order valence-electron chi connectivity index (χ1n) is 7.79. The van der Waals surface area contributed by atoms with Gasteiger partial charge in [0.25, 0.3) is 0 Å². The molecular formula is C16H9O10S3-3. The maximum atomic E-state index is 12.6. The molecule has 0 saturated heterocycles. The van der Waals surface area contributed by atoms with Gasteiger partial charge < -0.3 is 14.9 Å². The Morgan fingerprint density at radius 1 is 1.14 bits per heavy atom. The Balaban J connectivity index is 1.90. The zero-order valence-electron chi connectivity index (χ0n) is 14.0. The standard InChI is InChI=1S/C16H12O10S3/c17-11-5-12(27-25-23-18)8-2-3-9-13(28-26-24-19)6-14(29(20,21)22)10-4-1-7(11)15(8)16(9)10/h1-6,13,15,17-19H,(H,20,21,22)/p-3. The van der Waals surface area contributed by atoms with Crippen molar-refractivity contribution in [2.75, 3.05) is 0 Å². The first-order chi connectivity index (χ1) is 13.9. The fourth-order valence-electron chi connectivity index (χ4n) is 3.68. The highest BCUT2D eigenvalue weighted by Gasteiger charge is 2.41. The summed E-state index contributed by atoms with van der Waals surface area (Å²) in [5.41, 5.74) is 2.07. The van der Waals surface area contributed by atoms with Crippen LogP contribution in [0.15, 0.2) is 79.9 Å². The highest BCUT2D eigenvalue weighted by Crippen LogP contribution is 2.54. The molecule has 4 aliphatic carbocycles. The lowest BCUT2D eigenvalue weighted by Gasteiger charge is -2.42. The van der Waals surface area contributed by atoms with E-state index in [1.165, 1.54) is 24.3 Å². The van der Waals surface area contributed by atoms with Gasteiger partial charge in [0.2, 0.25) is 0 Å². The predicted molar refractivity (Wildman–Crippen MR) is 94.7 cm³/mol. The monoisotopic (exact) mass is 457 g/mol. The van der Waals surface area contributed by atoms with Gasteiger partial charge in [0.1, 0.15) is 10.1 Å². The van der Waals surface area contributed by atoms with Crippen molar-refractivity contribution in [2.45, 2.75) is 5.25 Å². The largest absolute Gasteiger partial charge is 0.872 e. The van der Waals surface area contributed by atoms with Crippen molar-refractivity contribution in [2.24, 2.45) is 5.92 Å². The van der Waals surface area contributed by atoms with Gasteiger partial charge >= 0.3 is 0 Å². The molecule has 0 aliphatic heterocycles. The van der Waals surface area contributed by atoms with Crippen LogP contribution in [0.2, 0.25) is 0 Å². The quantitative estimate of drug-likeness (QED) is 0.246. The van der Waals surface area contributed by atoms with Gasteiger partial charge in [0, 0.05) is 22.9 Å². The van der Waals surface area contributed by atoms with Crippen LogP contribution in [0.4, 0.5) is 0 Å². The second-order valence-electron chi connectivity index (χ2n) is 6.03. The van der Waals surface area contributed by atoms with E-state index < -0.39 is 26.2 Å². The van der Waals surface area contributed by atoms with Crippen molar-refractivity contribution in [1.29, 1.82) is 0 Å². The van der Waals surface area contributed by atoms with Crippen molar-refractivity contribution in [3.63, 3.8) is 0 Å². The minimum Gasteiger partial charge on any atom is -0.872 e. The Hall–Kier alpha value is -1.65. The zero-order valence-corrected chi connectivity index (χ0v) is 16.4. The molecule has 0 bridgehead atoms. The van der Waals surface area contributed by atoms with Crippen LogP contribution in [0.25, 0.3) is 0 Å². The number of hydrogen-bond acceptors (Lipinski definition) is 12. The van der Waals surface area contributed by atoms with Gasteiger partial charge in [-0.1, -0.05) is 35.4 Å². The molecular weight excluding hydrogens is 448 g/mol. The Labute approximate surface area is 172 Å². The van der Waals surface area contributed by atoms with E-state index in [0.717, 1.165) is 0 Å². The molecule has 0 radical (unpaired) electrons. The Kier molecular flexibility index (Phi) is 5.60. The van der Waals surface area contributed by atoms with Crippen LogP contribution in [-0.4, -0.2) is 23.5 Å². The average Bonchev–Trinajstić information content (AvgIpc) is 2.69. The van der Waals surface area contributed by atoms with Gasteiger partial charge in [0.05, 0.1) is 22.2 Å². The van der Waals surface area contributed by atoms with Gasteiger partial charge in [-0.05, 0) is 33.9 Å². The van der Waals surface area contributed by atoms with E-state index in [1.807, 2.05) is 0 Å². The fourth-order valence-corrected chi connectivity index (χ4v) is 5.67. The lowest BCUT2D eigenvalue weighted by molar-refractivity contribution is -0.777. The predicted octanol–water partition coefficient (Wildman–Crippen LogP) is 0.600. The summed E-state index contributed by atoms with van der Waals surface area (Å²) in [5, 5.41) is 37.4. The van der Waals surface area contributed by atoms with Gasteiger partial charge in [-0.25, -0.2) is 13.7 Å². The summed E-state index contributed by atoms with van der Waals surface area (Å²) < 4.78 is 44.4. The van der Waals surface area contributed by atoms with Crippen LogP contribution in [0.3, 0.4) is 0 Å². The Morgan fingerprint density at radius 2 is 1.90 bits per heavy atom. The molecule has 0 aromatic rings. The first-order valence-corrected chi connectivity index (χ1v) is 10.7. The maximum absolute atomic E-state index is 12.6. The summed E-state index contributed by atoms with van der Waals surface area (Å²) in [4.78, 5) is -0.154. The zero-order chi connectivity index (χ0) is 20.8. The van der Waals surface area contributed by atoms with Crippen molar-refractivity contribution < 1.29 is 47.3 Å². The number of allylic oxidation sites excluding steroid dienone is 9. The molecule has 13 heteroatoms. The number of hydrogen-bond donors (Lipinski definition) is 1. The van der Waals surface area contributed by atoms with Gasteiger partial charge in [0.15, 0.2) is 0 Å². The molecule has 0 heterocycles. The molecule has 0 saturated carbocycles. The smallest absolute Gasteiger partial charge is 0.124 e.